The summed E-state index contributed by atoms with van der Waals surface area (Å²) in [6.07, 6.45) is 1.79. The van der Waals surface area contributed by atoms with Gasteiger partial charge in [0.2, 0.25) is 0 Å². The Morgan fingerprint density at radius 2 is 2.21 bits per heavy atom. The SMILES string of the molecule is Cc1sc2c(c1C)CSC(C(=O)O)=C2. The van der Waals surface area contributed by atoms with Crippen LogP contribution in [0.25, 0.3) is 6.08 Å². The van der Waals surface area contributed by atoms with Crippen LogP contribution in [0, 0.1) is 13.8 Å². The molecule has 0 fully saturated rings. The highest BCUT2D eigenvalue weighted by molar-refractivity contribution is 8.03. The number of aryl methyl sites for hydroxylation is 1. The summed E-state index contributed by atoms with van der Waals surface area (Å²) in [5, 5.41) is 8.86. The van der Waals surface area contributed by atoms with Crippen LogP contribution in [-0.4, -0.2) is 11.1 Å². The molecule has 0 radical (unpaired) electrons. The second kappa shape index (κ2) is 3.44. The average Bonchev–Trinajstić information content (AvgIpc) is 2.42. The first-order chi connectivity index (χ1) is 6.59. The Bertz CT molecular complexity index is 430. The summed E-state index contributed by atoms with van der Waals surface area (Å²) >= 11 is 3.09. The van der Waals surface area contributed by atoms with Gasteiger partial charge in [-0.3, -0.25) is 0 Å². The molecule has 1 aliphatic rings. The number of aliphatic carboxylic acids is 1. The average molecular weight is 226 g/mol. The second-order valence-corrected chi connectivity index (χ2v) is 5.50. The van der Waals surface area contributed by atoms with Crippen LogP contribution < -0.4 is 0 Å². The molecule has 0 saturated heterocycles. The van der Waals surface area contributed by atoms with Crippen molar-refractivity contribution in [2.24, 2.45) is 0 Å². The lowest BCUT2D eigenvalue weighted by molar-refractivity contribution is -0.131. The largest absolute Gasteiger partial charge is 0.477 e. The Labute approximate surface area is 90.6 Å². The van der Waals surface area contributed by atoms with Crippen molar-refractivity contribution in [3.05, 3.63) is 25.8 Å². The van der Waals surface area contributed by atoms with Gasteiger partial charge >= 0.3 is 5.97 Å². The molecule has 1 N–H and O–H groups in total. The third kappa shape index (κ3) is 1.48. The van der Waals surface area contributed by atoms with Crippen molar-refractivity contribution in [1.29, 1.82) is 0 Å². The summed E-state index contributed by atoms with van der Waals surface area (Å²) in [5.41, 5.74) is 2.63. The minimum absolute atomic E-state index is 0.457. The van der Waals surface area contributed by atoms with E-state index in [-0.39, 0.29) is 0 Å². The van der Waals surface area contributed by atoms with E-state index in [9.17, 15) is 4.79 Å². The lowest BCUT2D eigenvalue weighted by Gasteiger charge is -2.09. The summed E-state index contributed by atoms with van der Waals surface area (Å²) in [6.45, 7) is 4.18. The van der Waals surface area contributed by atoms with Gasteiger partial charge in [0.15, 0.2) is 0 Å². The van der Waals surface area contributed by atoms with Crippen molar-refractivity contribution >= 4 is 35.1 Å². The van der Waals surface area contributed by atoms with Crippen LogP contribution in [0.1, 0.15) is 20.9 Å². The molecule has 2 rings (SSSR count). The first-order valence-electron chi connectivity index (χ1n) is 4.26. The molecular weight excluding hydrogens is 216 g/mol. The predicted octanol–water partition coefficient (Wildman–Crippen LogP) is 3.04. The smallest absolute Gasteiger partial charge is 0.342 e. The molecule has 2 heterocycles. The first kappa shape index (κ1) is 9.80. The molecule has 4 heteroatoms. The number of hydrogen-bond donors (Lipinski definition) is 1. The van der Waals surface area contributed by atoms with Gasteiger partial charge in [-0.1, -0.05) is 0 Å². The van der Waals surface area contributed by atoms with Crippen LogP contribution in [0.2, 0.25) is 0 Å². The maximum atomic E-state index is 10.8. The van der Waals surface area contributed by atoms with E-state index < -0.39 is 5.97 Å². The van der Waals surface area contributed by atoms with Crippen molar-refractivity contribution in [3.63, 3.8) is 0 Å². The van der Waals surface area contributed by atoms with Gasteiger partial charge in [0.25, 0.3) is 0 Å². The van der Waals surface area contributed by atoms with Gasteiger partial charge < -0.3 is 5.11 Å². The summed E-state index contributed by atoms with van der Waals surface area (Å²) in [5.74, 6) is -0.0201. The zero-order valence-electron chi connectivity index (χ0n) is 7.96. The molecule has 1 aliphatic heterocycles. The van der Waals surface area contributed by atoms with Crippen molar-refractivity contribution in [3.8, 4) is 0 Å². The Morgan fingerprint density at radius 3 is 2.86 bits per heavy atom. The summed E-state index contributed by atoms with van der Waals surface area (Å²) in [7, 11) is 0. The number of thiophene rings is 1. The van der Waals surface area contributed by atoms with Crippen LogP contribution in [0.3, 0.4) is 0 Å². The standard InChI is InChI=1S/C10H10O2S2/c1-5-6(2)14-8-3-9(10(11)12)13-4-7(5)8/h3H,4H2,1-2H3,(H,11,12). The number of carboxylic acids is 1. The van der Waals surface area contributed by atoms with E-state index >= 15 is 0 Å². The highest BCUT2D eigenvalue weighted by Crippen LogP contribution is 2.39. The van der Waals surface area contributed by atoms with E-state index in [0.29, 0.717) is 4.91 Å². The van der Waals surface area contributed by atoms with E-state index in [1.54, 1.807) is 17.4 Å². The molecule has 1 aromatic rings. The van der Waals surface area contributed by atoms with E-state index in [0.717, 1.165) is 10.6 Å². The van der Waals surface area contributed by atoms with E-state index in [1.165, 1.54) is 27.8 Å². The molecular formula is C10H10O2S2. The number of thioether (sulfide) groups is 1. The van der Waals surface area contributed by atoms with Crippen molar-refractivity contribution in [2.45, 2.75) is 19.6 Å². The van der Waals surface area contributed by atoms with Crippen LogP contribution in [0.15, 0.2) is 4.91 Å². The Balaban J connectivity index is 2.50. The van der Waals surface area contributed by atoms with Crippen LogP contribution in [0.4, 0.5) is 0 Å². The van der Waals surface area contributed by atoms with E-state index in [2.05, 4.69) is 13.8 Å². The molecule has 0 amide bonds. The van der Waals surface area contributed by atoms with Gasteiger partial charge in [-0.2, -0.15) is 0 Å². The minimum Gasteiger partial charge on any atom is -0.477 e. The molecule has 0 bridgehead atoms. The van der Waals surface area contributed by atoms with Crippen LogP contribution in [0.5, 0.6) is 0 Å². The first-order valence-corrected chi connectivity index (χ1v) is 6.06. The summed E-state index contributed by atoms with van der Waals surface area (Å²) in [6, 6.07) is 0. The minimum atomic E-state index is -0.815. The predicted molar refractivity (Wildman–Crippen MR) is 60.7 cm³/mol. The van der Waals surface area contributed by atoms with Crippen LogP contribution >= 0.6 is 23.1 Å². The van der Waals surface area contributed by atoms with Gasteiger partial charge in [0, 0.05) is 15.5 Å². The highest BCUT2D eigenvalue weighted by atomic mass is 32.2. The molecule has 14 heavy (non-hydrogen) atoms. The third-order valence-electron chi connectivity index (χ3n) is 2.39. The number of carbonyl (C=O) groups is 1. The molecule has 0 aliphatic carbocycles. The van der Waals surface area contributed by atoms with Crippen molar-refractivity contribution in [2.75, 3.05) is 0 Å². The number of hydrogen-bond acceptors (Lipinski definition) is 3. The monoisotopic (exact) mass is 226 g/mol. The van der Waals surface area contributed by atoms with Crippen molar-refractivity contribution in [1.82, 2.24) is 0 Å². The molecule has 0 unspecified atom stereocenters. The zero-order valence-corrected chi connectivity index (χ0v) is 9.59. The van der Waals surface area contributed by atoms with E-state index in [1.807, 2.05) is 0 Å². The maximum Gasteiger partial charge on any atom is 0.342 e. The van der Waals surface area contributed by atoms with Gasteiger partial charge in [-0.15, -0.1) is 23.1 Å². The fourth-order valence-electron chi connectivity index (χ4n) is 1.43. The molecule has 0 spiro atoms. The summed E-state index contributed by atoms with van der Waals surface area (Å²) in [4.78, 5) is 13.6. The van der Waals surface area contributed by atoms with Gasteiger partial charge in [0.1, 0.15) is 0 Å². The van der Waals surface area contributed by atoms with Crippen molar-refractivity contribution < 1.29 is 9.90 Å². The fourth-order valence-corrected chi connectivity index (χ4v) is 3.72. The quantitative estimate of drug-likeness (QED) is 0.799. The number of fused-ring (bicyclic) bond motifs is 1. The Morgan fingerprint density at radius 1 is 1.50 bits per heavy atom. The fraction of sp³-hybridized carbons (Fsp3) is 0.300. The number of rotatable bonds is 1. The molecule has 1 aromatic heterocycles. The Hall–Kier alpha value is -0.740. The van der Waals surface area contributed by atoms with E-state index in [4.69, 9.17) is 5.11 Å². The molecule has 0 atom stereocenters. The van der Waals surface area contributed by atoms with Gasteiger partial charge in [-0.05, 0) is 31.1 Å². The highest BCUT2D eigenvalue weighted by Gasteiger charge is 2.20. The van der Waals surface area contributed by atoms with Gasteiger partial charge in [-0.25, -0.2) is 4.79 Å². The topological polar surface area (TPSA) is 37.3 Å². The molecule has 0 saturated carbocycles. The summed E-state index contributed by atoms with van der Waals surface area (Å²) < 4.78 is 0. The lowest BCUT2D eigenvalue weighted by Crippen LogP contribution is -2.01. The number of carboxylic acid groups (broad SMARTS) is 1. The Kier molecular flexibility index (Phi) is 2.41. The third-order valence-corrected chi connectivity index (χ3v) is 4.62. The normalized spacial score (nSPS) is 14.9. The molecule has 0 aromatic carbocycles. The zero-order chi connectivity index (χ0) is 10.3. The maximum absolute atomic E-state index is 10.8. The molecule has 2 nitrogen and oxygen atoms in total. The lowest BCUT2D eigenvalue weighted by atomic mass is 10.1. The van der Waals surface area contributed by atoms with Gasteiger partial charge in [0.05, 0.1) is 4.91 Å². The van der Waals surface area contributed by atoms with Crippen LogP contribution in [-0.2, 0) is 10.5 Å². The molecule has 74 valence electrons. The second-order valence-electron chi connectivity index (χ2n) is 3.23.